The Morgan fingerprint density at radius 2 is 1.89 bits per heavy atom. The fourth-order valence-corrected chi connectivity index (χ4v) is 4.54. The SMILES string of the molecule is CCC1=NN2C(=N)C(=Cc3cc(Cl)ccc3OCCOc3ccc(C(C)CC)cc3)C(=O)N=C2S1. The quantitative estimate of drug-likeness (QED) is 0.314. The smallest absolute Gasteiger partial charge is 0.283 e. The number of nitrogens with zero attached hydrogens (tertiary/aromatic N) is 3. The van der Waals surface area contributed by atoms with E-state index < -0.39 is 5.91 Å². The van der Waals surface area contributed by atoms with E-state index in [-0.39, 0.29) is 11.4 Å². The van der Waals surface area contributed by atoms with E-state index >= 15 is 0 Å². The number of hydrogen-bond donors (Lipinski definition) is 1. The van der Waals surface area contributed by atoms with Gasteiger partial charge in [-0.15, -0.1) is 0 Å². The maximum Gasteiger partial charge on any atom is 0.283 e. The van der Waals surface area contributed by atoms with Crippen LogP contribution in [0.5, 0.6) is 11.5 Å². The van der Waals surface area contributed by atoms with Gasteiger partial charge in [0, 0.05) is 10.6 Å². The van der Waals surface area contributed by atoms with E-state index in [0.29, 0.717) is 47.1 Å². The minimum absolute atomic E-state index is 0.0222. The first-order valence-electron chi connectivity index (χ1n) is 11.5. The Morgan fingerprint density at radius 1 is 1.14 bits per heavy atom. The molecule has 0 bridgehead atoms. The van der Waals surface area contributed by atoms with Gasteiger partial charge >= 0.3 is 0 Å². The van der Waals surface area contributed by atoms with Crippen LogP contribution in [0.1, 0.15) is 50.7 Å². The van der Waals surface area contributed by atoms with Gasteiger partial charge in [0.1, 0.15) is 29.8 Å². The molecule has 2 aromatic rings. The van der Waals surface area contributed by atoms with Gasteiger partial charge in [0.05, 0.1) is 5.57 Å². The summed E-state index contributed by atoms with van der Waals surface area (Å²) in [5, 5.41) is 16.0. The number of amidine groups is 2. The third kappa shape index (κ3) is 5.77. The number of halogens is 1. The van der Waals surface area contributed by atoms with Crippen LogP contribution in [0, 0.1) is 5.41 Å². The molecule has 2 heterocycles. The molecule has 0 saturated carbocycles. The molecule has 1 N–H and O–H groups in total. The molecule has 2 aliphatic rings. The summed E-state index contributed by atoms with van der Waals surface area (Å²) in [7, 11) is 0. The molecule has 0 aliphatic carbocycles. The van der Waals surface area contributed by atoms with Crippen LogP contribution >= 0.6 is 23.4 Å². The Morgan fingerprint density at radius 3 is 2.60 bits per heavy atom. The van der Waals surface area contributed by atoms with Crippen molar-refractivity contribution in [1.29, 1.82) is 5.41 Å². The zero-order valence-corrected chi connectivity index (χ0v) is 21.4. The molecule has 2 aromatic carbocycles. The van der Waals surface area contributed by atoms with Crippen molar-refractivity contribution in [1.82, 2.24) is 5.01 Å². The predicted octanol–water partition coefficient (Wildman–Crippen LogP) is 6.34. The third-order valence-electron chi connectivity index (χ3n) is 5.74. The molecule has 1 atom stereocenters. The summed E-state index contributed by atoms with van der Waals surface area (Å²) >= 11 is 7.52. The number of hydrazone groups is 1. The van der Waals surface area contributed by atoms with Gasteiger partial charge in [-0.25, -0.2) is 0 Å². The lowest BCUT2D eigenvalue weighted by molar-refractivity contribution is -0.114. The number of carbonyl (C=O) groups is 1. The third-order valence-corrected chi connectivity index (χ3v) is 7.03. The largest absolute Gasteiger partial charge is 0.490 e. The highest BCUT2D eigenvalue weighted by atomic mass is 35.5. The zero-order valence-electron chi connectivity index (χ0n) is 19.9. The van der Waals surface area contributed by atoms with Crippen molar-refractivity contribution >= 4 is 51.4 Å². The van der Waals surface area contributed by atoms with Crippen molar-refractivity contribution in [2.24, 2.45) is 10.1 Å². The topological polar surface area (TPSA) is 87.3 Å². The van der Waals surface area contributed by atoms with E-state index in [2.05, 4.69) is 36.1 Å². The normalized spacial score (nSPS) is 17.3. The molecule has 7 nitrogen and oxygen atoms in total. The number of carbonyl (C=O) groups excluding carboxylic acids is 1. The fraction of sp³-hybridized carbons (Fsp3) is 0.308. The van der Waals surface area contributed by atoms with Gasteiger partial charge in [-0.2, -0.15) is 15.1 Å². The Labute approximate surface area is 214 Å². The van der Waals surface area contributed by atoms with Crippen molar-refractivity contribution in [3.05, 3.63) is 64.2 Å². The van der Waals surface area contributed by atoms with E-state index in [1.54, 1.807) is 24.3 Å². The number of hydrogen-bond acceptors (Lipinski definition) is 6. The number of benzene rings is 2. The molecule has 0 fully saturated rings. The van der Waals surface area contributed by atoms with Gasteiger partial charge in [0.15, 0.2) is 5.84 Å². The summed E-state index contributed by atoms with van der Waals surface area (Å²) in [5.74, 6) is 1.32. The lowest BCUT2D eigenvalue weighted by Gasteiger charge is -2.20. The second-order valence-electron chi connectivity index (χ2n) is 8.12. The molecule has 9 heteroatoms. The van der Waals surface area contributed by atoms with Crippen molar-refractivity contribution in [2.45, 2.75) is 39.5 Å². The fourth-order valence-electron chi connectivity index (χ4n) is 3.53. The van der Waals surface area contributed by atoms with Crippen LogP contribution in [0.2, 0.25) is 5.02 Å². The van der Waals surface area contributed by atoms with Crippen molar-refractivity contribution in [2.75, 3.05) is 13.2 Å². The summed E-state index contributed by atoms with van der Waals surface area (Å²) in [6.07, 6.45) is 3.37. The van der Waals surface area contributed by atoms with Crippen LogP contribution < -0.4 is 9.47 Å². The highest BCUT2D eigenvalue weighted by Crippen LogP contribution is 2.31. The second kappa shape index (κ2) is 11.1. The first-order valence-corrected chi connectivity index (χ1v) is 12.7. The van der Waals surface area contributed by atoms with Gasteiger partial charge in [-0.1, -0.05) is 44.5 Å². The van der Waals surface area contributed by atoms with Crippen LogP contribution in [0.4, 0.5) is 0 Å². The summed E-state index contributed by atoms with van der Waals surface area (Å²) in [6.45, 7) is 6.99. The molecule has 1 amide bonds. The Hall–Kier alpha value is -3.10. The lowest BCUT2D eigenvalue weighted by Crippen LogP contribution is -2.35. The summed E-state index contributed by atoms with van der Waals surface area (Å²) in [5.41, 5.74) is 1.99. The molecule has 0 aromatic heterocycles. The molecule has 2 aliphatic heterocycles. The Balaban J connectivity index is 1.44. The number of aliphatic imine (C=N–C) groups is 1. The van der Waals surface area contributed by atoms with E-state index in [9.17, 15) is 4.79 Å². The van der Waals surface area contributed by atoms with Crippen LogP contribution in [0.25, 0.3) is 6.08 Å². The molecular weight excluding hydrogens is 484 g/mol. The molecule has 0 radical (unpaired) electrons. The van der Waals surface area contributed by atoms with Gasteiger partial charge in [-0.05, 0) is 72.5 Å². The number of nitrogens with one attached hydrogen (secondary N) is 1. The average Bonchev–Trinajstić information content (AvgIpc) is 3.28. The van der Waals surface area contributed by atoms with Crippen LogP contribution in [-0.4, -0.2) is 40.2 Å². The van der Waals surface area contributed by atoms with Crippen molar-refractivity contribution in [3.8, 4) is 11.5 Å². The van der Waals surface area contributed by atoms with E-state index in [1.165, 1.54) is 22.3 Å². The Bertz CT molecular complexity index is 1220. The first-order chi connectivity index (χ1) is 16.9. The number of fused-ring (bicyclic) bond motifs is 1. The van der Waals surface area contributed by atoms with Crippen LogP contribution in [-0.2, 0) is 4.79 Å². The van der Waals surface area contributed by atoms with Crippen molar-refractivity contribution < 1.29 is 14.3 Å². The maximum atomic E-state index is 12.7. The van der Waals surface area contributed by atoms with Crippen LogP contribution in [0.3, 0.4) is 0 Å². The van der Waals surface area contributed by atoms with E-state index in [4.69, 9.17) is 26.5 Å². The van der Waals surface area contributed by atoms with Gasteiger partial charge in [0.2, 0.25) is 5.17 Å². The van der Waals surface area contributed by atoms with Gasteiger partial charge in [0.25, 0.3) is 5.91 Å². The van der Waals surface area contributed by atoms with Gasteiger partial charge < -0.3 is 9.47 Å². The number of rotatable bonds is 9. The molecule has 35 heavy (non-hydrogen) atoms. The van der Waals surface area contributed by atoms with Crippen molar-refractivity contribution in [3.63, 3.8) is 0 Å². The minimum atomic E-state index is -0.489. The average molecular weight is 511 g/mol. The van der Waals surface area contributed by atoms with E-state index in [0.717, 1.165) is 17.2 Å². The molecule has 4 rings (SSSR count). The summed E-state index contributed by atoms with van der Waals surface area (Å²) in [4.78, 5) is 16.8. The maximum absolute atomic E-state index is 12.7. The van der Waals surface area contributed by atoms with Crippen LogP contribution in [0.15, 0.2) is 58.1 Å². The number of ether oxygens (including phenoxy) is 2. The van der Waals surface area contributed by atoms with E-state index in [1.807, 2.05) is 19.1 Å². The zero-order chi connectivity index (χ0) is 24.9. The molecule has 0 saturated heterocycles. The molecular formula is C26H27ClN4O3S. The Kier molecular flexibility index (Phi) is 7.93. The minimum Gasteiger partial charge on any atom is -0.490 e. The number of amides is 1. The second-order valence-corrected chi connectivity index (χ2v) is 9.60. The summed E-state index contributed by atoms with van der Waals surface area (Å²) in [6, 6.07) is 13.3. The first kappa shape index (κ1) is 25.0. The summed E-state index contributed by atoms with van der Waals surface area (Å²) < 4.78 is 11.8. The highest BCUT2D eigenvalue weighted by molar-refractivity contribution is 8.26. The highest BCUT2D eigenvalue weighted by Gasteiger charge is 2.35. The standard InChI is InChI=1S/C26H27ClN4O3S/c1-4-16(3)17-6-9-20(10-7-17)33-12-13-34-22-11-8-19(27)14-18(22)15-21-24(28)31-26(29-25(21)32)35-23(5-2)30-31/h6-11,14-16,28H,4-5,12-13H2,1-3H3. The molecule has 1 unspecified atom stereocenters. The molecule has 0 spiro atoms. The van der Waals surface area contributed by atoms with Gasteiger partial charge in [-0.3, -0.25) is 10.2 Å². The monoisotopic (exact) mass is 510 g/mol. The predicted molar refractivity (Wildman–Crippen MR) is 143 cm³/mol. The number of thioether (sulfide) groups is 1. The molecule has 182 valence electrons. The lowest BCUT2D eigenvalue weighted by atomic mass is 9.99.